The highest BCUT2D eigenvalue weighted by molar-refractivity contribution is 5.98. The lowest BCUT2D eigenvalue weighted by atomic mass is 10.1. The maximum Gasteiger partial charge on any atom is 0.338 e. The van der Waals surface area contributed by atoms with Crippen molar-refractivity contribution in [3.63, 3.8) is 0 Å². The number of carbonyl (C=O) groups is 4. The summed E-state index contributed by atoms with van der Waals surface area (Å²) < 4.78 is 14.9. The monoisotopic (exact) mass is 447 g/mol. The maximum absolute atomic E-state index is 13.1. The first-order chi connectivity index (χ1) is 15.9. The number of hydrogen-bond acceptors (Lipinski definition) is 7. The van der Waals surface area contributed by atoms with Gasteiger partial charge in [-0.05, 0) is 35.9 Å². The molecule has 0 radical (unpaired) electrons. The van der Waals surface area contributed by atoms with Crippen LogP contribution < -0.4 is 10.1 Å². The highest BCUT2D eigenvalue weighted by Gasteiger charge is 2.26. The van der Waals surface area contributed by atoms with Gasteiger partial charge in [-0.25, -0.2) is 14.4 Å². The van der Waals surface area contributed by atoms with Crippen LogP contribution in [0.1, 0.15) is 42.7 Å². The fraction of sp³-hybridized carbons (Fsp3) is 0.120. The van der Waals surface area contributed by atoms with Gasteiger partial charge in [-0.1, -0.05) is 48.5 Å². The minimum absolute atomic E-state index is 0.00668. The van der Waals surface area contributed by atoms with Crippen molar-refractivity contribution in [2.45, 2.75) is 6.04 Å². The summed E-state index contributed by atoms with van der Waals surface area (Å²) in [7, 11) is 2.37. The van der Waals surface area contributed by atoms with E-state index in [1.54, 1.807) is 60.7 Å². The van der Waals surface area contributed by atoms with E-state index in [0.29, 0.717) is 11.1 Å². The number of benzene rings is 3. The van der Waals surface area contributed by atoms with Gasteiger partial charge in [0.25, 0.3) is 5.91 Å². The first-order valence-electron chi connectivity index (χ1n) is 9.87. The minimum Gasteiger partial charge on any atom is -0.465 e. The molecule has 1 unspecified atom stereocenters. The molecule has 168 valence electrons. The van der Waals surface area contributed by atoms with E-state index in [2.05, 4.69) is 5.32 Å². The Morgan fingerprint density at radius 2 is 1.21 bits per heavy atom. The number of methoxy groups -OCH3 is 2. The summed E-state index contributed by atoms with van der Waals surface area (Å²) in [5.41, 5.74) is 0.844. The Balaban J connectivity index is 1.93. The van der Waals surface area contributed by atoms with Crippen molar-refractivity contribution in [3.8, 4) is 5.75 Å². The zero-order valence-electron chi connectivity index (χ0n) is 17.9. The molecule has 0 aliphatic carbocycles. The average molecular weight is 447 g/mol. The Kier molecular flexibility index (Phi) is 7.54. The zero-order chi connectivity index (χ0) is 23.8. The Labute approximate surface area is 190 Å². The Bertz CT molecular complexity index is 1130. The summed E-state index contributed by atoms with van der Waals surface area (Å²) in [6.45, 7) is 0. The number of rotatable bonds is 7. The van der Waals surface area contributed by atoms with Crippen LogP contribution in [-0.2, 0) is 14.3 Å². The lowest BCUT2D eigenvalue weighted by molar-refractivity contribution is -0.136. The van der Waals surface area contributed by atoms with E-state index in [1.807, 2.05) is 0 Å². The van der Waals surface area contributed by atoms with Gasteiger partial charge in [0.15, 0.2) is 6.04 Å². The Hall–Kier alpha value is -4.46. The van der Waals surface area contributed by atoms with Crippen molar-refractivity contribution in [1.29, 1.82) is 0 Å². The first-order valence-corrected chi connectivity index (χ1v) is 9.87. The predicted octanol–water partition coefficient (Wildman–Crippen LogP) is 3.34. The molecule has 1 N–H and O–H groups in total. The molecule has 0 aromatic heterocycles. The van der Waals surface area contributed by atoms with Gasteiger partial charge in [-0.3, -0.25) is 4.79 Å². The fourth-order valence-corrected chi connectivity index (χ4v) is 3.03. The Morgan fingerprint density at radius 1 is 0.697 bits per heavy atom. The second-order valence-electron chi connectivity index (χ2n) is 6.83. The van der Waals surface area contributed by atoms with E-state index in [1.165, 1.54) is 32.4 Å². The molecule has 33 heavy (non-hydrogen) atoms. The number of amides is 1. The molecule has 0 aliphatic heterocycles. The first kappa shape index (κ1) is 23.2. The van der Waals surface area contributed by atoms with Gasteiger partial charge in [0.2, 0.25) is 0 Å². The molecule has 0 fully saturated rings. The van der Waals surface area contributed by atoms with Gasteiger partial charge in [-0.2, -0.15) is 0 Å². The SMILES string of the molecule is COC(=O)c1cc(OC(=O)C(NC(=O)c2ccccc2)c2ccccc2)cc(C(=O)OC)c1. The van der Waals surface area contributed by atoms with Crippen molar-refractivity contribution in [1.82, 2.24) is 5.32 Å². The number of carbonyl (C=O) groups excluding carboxylic acids is 4. The number of hydrogen-bond donors (Lipinski definition) is 1. The largest absolute Gasteiger partial charge is 0.465 e. The van der Waals surface area contributed by atoms with Crippen LogP contribution in [-0.4, -0.2) is 38.0 Å². The van der Waals surface area contributed by atoms with Crippen LogP contribution in [0.25, 0.3) is 0 Å². The normalized spacial score (nSPS) is 11.1. The van der Waals surface area contributed by atoms with E-state index in [9.17, 15) is 19.2 Å². The molecular weight excluding hydrogens is 426 g/mol. The second kappa shape index (κ2) is 10.7. The number of nitrogens with one attached hydrogen (secondary N) is 1. The van der Waals surface area contributed by atoms with E-state index in [-0.39, 0.29) is 16.9 Å². The predicted molar refractivity (Wildman–Crippen MR) is 118 cm³/mol. The summed E-state index contributed by atoms with van der Waals surface area (Å²) in [5.74, 6) is -2.83. The van der Waals surface area contributed by atoms with Crippen molar-refractivity contribution in [2.75, 3.05) is 14.2 Å². The van der Waals surface area contributed by atoms with Crippen molar-refractivity contribution < 1.29 is 33.4 Å². The Morgan fingerprint density at radius 3 is 1.73 bits per heavy atom. The average Bonchev–Trinajstić information content (AvgIpc) is 2.86. The quantitative estimate of drug-likeness (QED) is 0.437. The lowest BCUT2D eigenvalue weighted by Crippen LogP contribution is -2.36. The van der Waals surface area contributed by atoms with Gasteiger partial charge >= 0.3 is 17.9 Å². The summed E-state index contributed by atoms with van der Waals surface area (Å²) in [6.07, 6.45) is 0. The molecule has 3 rings (SSSR count). The highest BCUT2D eigenvalue weighted by Crippen LogP contribution is 2.22. The molecule has 0 aliphatic rings. The van der Waals surface area contributed by atoms with Gasteiger partial charge in [0.05, 0.1) is 25.3 Å². The molecular formula is C25H21NO7. The lowest BCUT2D eigenvalue weighted by Gasteiger charge is -2.18. The van der Waals surface area contributed by atoms with Crippen LogP contribution in [0.5, 0.6) is 5.75 Å². The molecule has 3 aromatic carbocycles. The molecule has 0 bridgehead atoms. The third-order valence-electron chi connectivity index (χ3n) is 4.65. The fourth-order valence-electron chi connectivity index (χ4n) is 3.03. The highest BCUT2D eigenvalue weighted by atomic mass is 16.5. The van der Waals surface area contributed by atoms with Crippen LogP contribution in [0.2, 0.25) is 0 Å². The van der Waals surface area contributed by atoms with E-state index in [4.69, 9.17) is 14.2 Å². The third-order valence-corrected chi connectivity index (χ3v) is 4.65. The van der Waals surface area contributed by atoms with Gasteiger partial charge < -0.3 is 19.5 Å². The molecule has 0 spiro atoms. The van der Waals surface area contributed by atoms with Crippen molar-refractivity contribution >= 4 is 23.8 Å². The van der Waals surface area contributed by atoms with Crippen molar-refractivity contribution in [2.24, 2.45) is 0 Å². The van der Waals surface area contributed by atoms with Crippen LogP contribution in [0.4, 0.5) is 0 Å². The molecule has 3 aromatic rings. The smallest absolute Gasteiger partial charge is 0.338 e. The summed E-state index contributed by atoms with van der Waals surface area (Å²) in [6, 6.07) is 19.6. The molecule has 0 saturated heterocycles. The minimum atomic E-state index is -1.15. The standard InChI is InChI=1S/C25H21NO7/c1-31-23(28)18-13-19(24(29)32-2)15-20(14-18)33-25(30)21(16-9-5-3-6-10-16)26-22(27)17-11-7-4-8-12-17/h3-15,21H,1-2H3,(H,26,27). The number of esters is 3. The third kappa shape index (κ3) is 5.82. The van der Waals surface area contributed by atoms with Gasteiger partial charge in [0.1, 0.15) is 5.75 Å². The van der Waals surface area contributed by atoms with Crippen LogP contribution in [0.15, 0.2) is 78.9 Å². The zero-order valence-corrected chi connectivity index (χ0v) is 17.9. The summed E-state index contributed by atoms with van der Waals surface area (Å²) in [5, 5.41) is 2.67. The molecule has 1 atom stereocenters. The van der Waals surface area contributed by atoms with Gasteiger partial charge in [0, 0.05) is 5.56 Å². The van der Waals surface area contributed by atoms with Gasteiger partial charge in [-0.15, -0.1) is 0 Å². The van der Waals surface area contributed by atoms with Crippen molar-refractivity contribution in [3.05, 3.63) is 101 Å². The number of ether oxygens (including phenoxy) is 3. The molecule has 0 saturated carbocycles. The van der Waals surface area contributed by atoms with Crippen LogP contribution in [0, 0.1) is 0 Å². The van der Waals surface area contributed by atoms with Crippen LogP contribution in [0.3, 0.4) is 0 Å². The second-order valence-corrected chi connectivity index (χ2v) is 6.83. The molecule has 1 amide bonds. The van der Waals surface area contributed by atoms with E-state index in [0.717, 1.165) is 0 Å². The topological polar surface area (TPSA) is 108 Å². The van der Waals surface area contributed by atoms with Crippen LogP contribution >= 0.6 is 0 Å². The maximum atomic E-state index is 13.1. The molecule has 8 heteroatoms. The van der Waals surface area contributed by atoms with E-state index >= 15 is 0 Å². The summed E-state index contributed by atoms with van der Waals surface area (Å²) in [4.78, 5) is 49.8. The summed E-state index contributed by atoms with van der Waals surface area (Å²) >= 11 is 0. The van der Waals surface area contributed by atoms with E-state index < -0.39 is 29.9 Å². The molecule has 0 heterocycles. The molecule has 8 nitrogen and oxygen atoms in total.